The lowest BCUT2D eigenvalue weighted by Crippen LogP contribution is -2.34. The van der Waals surface area contributed by atoms with E-state index in [1.165, 1.54) is 7.11 Å². The summed E-state index contributed by atoms with van der Waals surface area (Å²) in [5.74, 6) is -0.280. The van der Waals surface area contributed by atoms with Crippen molar-refractivity contribution in [1.82, 2.24) is 10.6 Å². The van der Waals surface area contributed by atoms with Crippen molar-refractivity contribution in [3.8, 4) is 0 Å². The lowest BCUT2D eigenvalue weighted by molar-refractivity contribution is -0.140. The number of amides is 1. The Morgan fingerprint density at radius 2 is 1.95 bits per heavy atom. The van der Waals surface area contributed by atoms with Gasteiger partial charge in [0.15, 0.2) is 0 Å². The van der Waals surface area contributed by atoms with E-state index in [0.717, 1.165) is 5.56 Å². The minimum absolute atomic E-state index is 0.0538. The van der Waals surface area contributed by atoms with Crippen LogP contribution in [0.3, 0.4) is 0 Å². The molecule has 0 saturated heterocycles. The summed E-state index contributed by atoms with van der Waals surface area (Å²) in [4.78, 5) is 22.3. The largest absolute Gasteiger partial charge is 0.469 e. The zero-order chi connectivity index (χ0) is 13.9. The van der Waals surface area contributed by atoms with Crippen LogP contribution in [0.15, 0.2) is 30.3 Å². The van der Waals surface area contributed by atoms with Crippen LogP contribution in [0.4, 0.5) is 0 Å². The summed E-state index contributed by atoms with van der Waals surface area (Å²) in [5, 5.41) is 5.80. The first-order chi connectivity index (χ1) is 9.22. The molecule has 0 spiro atoms. The van der Waals surface area contributed by atoms with E-state index in [9.17, 15) is 9.59 Å². The summed E-state index contributed by atoms with van der Waals surface area (Å²) in [6.07, 6.45) is 1.04. The van der Waals surface area contributed by atoms with Crippen LogP contribution in [0.5, 0.6) is 0 Å². The Labute approximate surface area is 113 Å². The van der Waals surface area contributed by atoms with Gasteiger partial charge in [-0.25, -0.2) is 0 Å². The van der Waals surface area contributed by atoms with Crippen LogP contribution < -0.4 is 10.6 Å². The summed E-state index contributed by atoms with van der Waals surface area (Å²) in [7, 11) is 1.37. The maximum atomic E-state index is 11.5. The van der Waals surface area contributed by atoms with Crippen molar-refractivity contribution in [2.45, 2.75) is 19.4 Å². The fraction of sp³-hybridized carbons (Fsp3) is 0.429. The van der Waals surface area contributed by atoms with Crippen molar-refractivity contribution < 1.29 is 14.3 Å². The molecule has 1 aromatic carbocycles. The molecule has 0 heterocycles. The van der Waals surface area contributed by atoms with E-state index in [0.29, 0.717) is 25.9 Å². The van der Waals surface area contributed by atoms with Crippen LogP contribution in [-0.2, 0) is 20.9 Å². The SMILES string of the molecule is COC(=O)CCCNCC(=O)NCc1ccccc1. The highest BCUT2D eigenvalue weighted by Crippen LogP contribution is 1.96. The van der Waals surface area contributed by atoms with Gasteiger partial charge in [0, 0.05) is 13.0 Å². The van der Waals surface area contributed by atoms with E-state index in [1.807, 2.05) is 30.3 Å². The van der Waals surface area contributed by atoms with Crippen LogP contribution in [0.25, 0.3) is 0 Å². The third-order valence-corrected chi connectivity index (χ3v) is 2.58. The molecule has 0 saturated carbocycles. The highest BCUT2D eigenvalue weighted by molar-refractivity contribution is 5.77. The van der Waals surface area contributed by atoms with Gasteiger partial charge in [-0.15, -0.1) is 0 Å². The van der Waals surface area contributed by atoms with Gasteiger partial charge in [0.2, 0.25) is 5.91 Å². The Morgan fingerprint density at radius 3 is 2.63 bits per heavy atom. The predicted octanol–water partition coefficient (Wildman–Crippen LogP) is 0.846. The van der Waals surface area contributed by atoms with Crippen molar-refractivity contribution in [3.05, 3.63) is 35.9 Å². The van der Waals surface area contributed by atoms with E-state index >= 15 is 0 Å². The molecule has 0 aromatic heterocycles. The molecule has 104 valence electrons. The fourth-order valence-corrected chi connectivity index (χ4v) is 1.52. The van der Waals surface area contributed by atoms with Crippen LogP contribution >= 0.6 is 0 Å². The Morgan fingerprint density at radius 1 is 1.21 bits per heavy atom. The van der Waals surface area contributed by atoms with Gasteiger partial charge in [-0.1, -0.05) is 30.3 Å². The van der Waals surface area contributed by atoms with E-state index in [2.05, 4.69) is 15.4 Å². The summed E-state index contributed by atoms with van der Waals surface area (Å²) >= 11 is 0. The third-order valence-electron chi connectivity index (χ3n) is 2.58. The zero-order valence-corrected chi connectivity index (χ0v) is 11.1. The molecular weight excluding hydrogens is 244 g/mol. The summed E-state index contributed by atoms with van der Waals surface area (Å²) < 4.78 is 4.52. The summed E-state index contributed by atoms with van der Waals surface area (Å²) in [5.41, 5.74) is 1.07. The first kappa shape index (κ1) is 15.2. The predicted molar refractivity (Wildman–Crippen MR) is 72.4 cm³/mol. The highest BCUT2D eigenvalue weighted by atomic mass is 16.5. The van der Waals surface area contributed by atoms with Gasteiger partial charge in [-0.3, -0.25) is 9.59 Å². The molecule has 0 unspecified atom stereocenters. The first-order valence-corrected chi connectivity index (χ1v) is 6.30. The monoisotopic (exact) mass is 264 g/mol. The van der Waals surface area contributed by atoms with Gasteiger partial charge in [-0.2, -0.15) is 0 Å². The Hall–Kier alpha value is -1.88. The van der Waals surface area contributed by atoms with Crippen molar-refractivity contribution in [2.75, 3.05) is 20.2 Å². The molecule has 2 N–H and O–H groups in total. The second-order valence-corrected chi connectivity index (χ2v) is 4.12. The normalized spacial score (nSPS) is 9.95. The van der Waals surface area contributed by atoms with Gasteiger partial charge < -0.3 is 15.4 Å². The fourth-order valence-electron chi connectivity index (χ4n) is 1.52. The molecule has 0 aliphatic rings. The molecule has 0 atom stereocenters. The molecule has 0 radical (unpaired) electrons. The summed E-state index contributed by atoms with van der Waals surface area (Å²) in [6.45, 7) is 1.41. The smallest absolute Gasteiger partial charge is 0.305 e. The third kappa shape index (κ3) is 7.21. The van der Waals surface area contributed by atoms with E-state index < -0.39 is 0 Å². The summed E-state index contributed by atoms with van der Waals surface area (Å²) in [6, 6.07) is 9.74. The van der Waals surface area contributed by atoms with Crippen molar-refractivity contribution in [2.24, 2.45) is 0 Å². The lowest BCUT2D eigenvalue weighted by Gasteiger charge is -2.06. The van der Waals surface area contributed by atoms with Gasteiger partial charge in [0.1, 0.15) is 0 Å². The quantitative estimate of drug-likeness (QED) is 0.539. The topological polar surface area (TPSA) is 67.4 Å². The molecule has 0 aliphatic carbocycles. The Kier molecular flexibility index (Phi) is 7.27. The standard InChI is InChI=1S/C14H20N2O3/c1-19-14(18)8-5-9-15-11-13(17)16-10-12-6-3-2-4-7-12/h2-4,6-7,15H,5,8-11H2,1H3,(H,16,17). The molecule has 5 nitrogen and oxygen atoms in total. The van der Waals surface area contributed by atoms with Crippen LogP contribution in [0, 0.1) is 0 Å². The van der Waals surface area contributed by atoms with Crippen LogP contribution in [0.2, 0.25) is 0 Å². The van der Waals surface area contributed by atoms with Gasteiger partial charge >= 0.3 is 5.97 Å². The number of nitrogens with one attached hydrogen (secondary N) is 2. The molecule has 0 fully saturated rings. The molecule has 1 aromatic rings. The zero-order valence-electron chi connectivity index (χ0n) is 11.1. The molecule has 1 rings (SSSR count). The van der Waals surface area contributed by atoms with Crippen LogP contribution in [-0.4, -0.2) is 32.1 Å². The van der Waals surface area contributed by atoms with E-state index in [-0.39, 0.29) is 18.4 Å². The lowest BCUT2D eigenvalue weighted by atomic mass is 10.2. The van der Waals surface area contributed by atoms with Gasteiger partial charge in [-0.05, 0) is 18.5 Å². The molecule has 0 bridgehead atoms. The van der Waals surface area contributed by atoms with Crippen molar-refractivity contribution >= 4 is 11.9 Å². The minimum atomic E-state index is -0.227. The number of benzene rings is 1. The van der Waals surface area contributed by atoms with Crippen molar-refractivity contribution in [3.63, 3.8) is 0 Å². The average molecular weight is 264 g/mol. The number of carbonyl (C=O) groups excluding carboxylic acids is 2. The molecular formula is C14H20N2O3. The first-order valence-electron chi connectivity index (χ1n) is 6.30. The molecule has 1 amide bonds. The van der Waals surface area contributed by atoms with E-state index in [4.69, 9.17) is 0 Å². The maximum Gasteiger partial charge on any atom is 0.305 e. The molecule has 5 heteroatoms. The number of rotatable bonds is 8. The average Bonchev–Trinajstić information content (AvgIpc) is 2.45. The van der Waals surface area contributed by atoms with Crippen LogP contribution in [0.1, 0.15) is 18.4 Å². The second kappa shape index (κ2) is 9.10. The number of hydrogen-bond acceptors (Lipinski definition) is 4. The Bertz CT molecular complexity index is 393. The Balaban J connectivity index is 2.04. The minimum Gasteiger partial charge on any atom is -0.469 e. The van der Waals surface area contributed by atoms with E-state index in [1.54, 1.807) is 0 Å². The number of hydrogen-bond donors (Lipinski definition) is 2. The highest BCUT2D eigenvalue weighted by Gasteiger charge is 2.02. The van der Waals surface area contributed by atoms with Gasteiger partial charge in [0.05, 0.1) is 13.7 Å². The maximum absolute atomic E-state index is 11.5. The van der Waals surface area contributed by atoms with Crippen molar-refractivity contribution in [1.29, 1.82) is 0 Å². The molecule has 19 heavy (non-hydrogen) atoms. The number of carbonyl (C=O) groups is 2. The molecule has 0 aliphatic heterocycles. The number of ether oxygens (including phenoxy) is 1. The number of methoxy groups -OCH3 is 1. The van der Waals surface area contributed by atoms with Gasteiger partial charge in [0.25, 0.3) is 0 Å². The number of esters is 1. The second-order valence-electron chi connectivity index (χ2n) is 4.12.